The Balaban J connectivity index is 1.83. The summed E-state index contributed by atoms with van der Waals surface area (Å²) < 4.78 is 5.62. The lowest BCUT2D eigenvalue weighted by atomic mass is 10.2. The number of rotatable bonds is 8. The summed E-state index contributed by atoms with van der Waals surface area (Å²) >= 11 is 5.07. The van der Waals surface area contributed by atoms with Crippen molar-refractivity contribution in [3.8, 4) is 5.75 Å². The molecule has 0 unspecified atom stereocenters. The molecule has 2 rings (SSSR count). The number of thiocarbonyl (C=S) groups is 1. The summed E-state index contributed by atoms with van der Waals surface area (Å²) in [6.07, 6.45) is 1.19. The van der Waals surface area contributed by atoms with Crippen molar-refractivity contribution in [3.63, 3.8) is 0 Å². The summed E-state index contributed by atoms with van der Waals surface area (Å²) in [6.45, 7) is 6.54. The highest BCUT2D eigenvalue weighted by Gasteiger charge is 2.11. The molecule has 32 heavy (non-hydrogen) atoms. The van der Waals surface area contributed by atoms with Gasteiger partial charge in [0.25, 0.3) is 11.8 Å². The second-order valence-electron chi connectivity index (χ2n) is 7.47. The van der Waals surface area contributed by atoms with E-state index in [1.807, 2.05) is 20.8 Å². The summed E-state index contributed by atoms with van der Waals surface area (Å²) in [5, 5.41) is 5.20. The van der Waals surface area contributed by atoms with Crippen LogP contribution in [0.25, 0.3) is 0 Å². The smallest absolute Gasteiger partial charge is 0.269 e. The third-order valence-electron chi connectivity index (χ3n) is 4.10. The van der Waals surface area contributed by atoms with E-state index in [4.69, 9.17) is 17.0 Å². The van der Waals surface area contributed by atoms with Crippen molar-refractivity contribution in [2.75, 3.05) is 11.9 Å². The Kier molecular flexibility index (Phi) is 9.62. The molecule has 0 aliphatic carbocycles. The molecule has 0 aromatic heterocycles. The Bertz CT molecular complexity index is 961. The molecule has 0 heterocycles. The predicted octanol–water partition coefficient (Wildman–Crippen LogP) is 3.41. The topological polar surface area (TPSA) is 109 Å². The molecular weight excluding hydrogens is 428 g/mol. The summed E-state index contributed by atoms with van der Waals surface area (Å²) in [5.41, 5.74) is 6.26. The molecule has 0 spiro atoms. The maximum atomic E-state index is 12.4. The number of hydrazine groups is 1. The van der Waals surface area contributed by atoms with Gasteiger partial charge in [-0.1, -0.05) is 26.8 Å². The largest absolute Gasteiger partial charge is 0.493 e. The van der Waals surface area contributed by atoms with E-state index in [9.17, 15) is 14.4 Å². The first-order valence-corrected chi connectivity index (χ1v) is 10.7. The summed E-state index contributed by atoms with van der Waals surface area (Å²) in [4.78, 5) is 36.3. The number of carbonyl (C=O) groups is 3. The molecular formula is C23H28N4O4S. The van der Waals surface area contributed by atoms with Gasteiger partial charge in [-0.05, 0) is 67.0 Å². The van der Waals surface area contributed by atoms with E-state index in [1.54, 1.807) is 48.5 Å². The van der Waals surface area contributed by atoms with Crippen LogP contribution in [0, 0.1) is 5.92 Å². The molecule has 0 saturated carbocycles. The van der Waals surface area contributed by atoms with Crippen LogP contribution in [0.1, 0.15) is 54.3 Å². The highest BCUT2D eigenvalue weighted by Crippen LogP contribution is 2.14. The van der Waals surface area contributed by atoms with Gasteiger partial charge in [-0.15, -0.1) is 0 Å². The molecule has 0 aliphatic heterocycles. The van der Waals surface area contributed by atoms with Crippen molar-refractivity contribution in [2.24, 2.45) is 5.92 Å². The molecule has 0 bridgehead atoms. The van der Waals surface area contributed by atoms with E-state index in [1.165, 1.54) is 0 Å². The summed E-state index contributed by atoms with van der Waals surface area (Å²) in [6, 6.07) is 13.2. The molecule has 0 saturated heterocycles. The van der Waals surface area contributed by atoms with Crippen molar-refractivity contribution in [2.45, 2.75) is 33.6 Å². The second-order valence-corrected chi connectivity index (χ2v) is 7.88. The molecule has 3 amide bonds. The lowest BCUT2D eigenvalue weighted by molar-refractivity contribution is -0.116. The SMILES string of the molecule is CCCC(=O)Nc1ccc(C(=O)NNC(=S)NC(=O)c2cccc(OCC(C)C)c2)cc1. The van der Waals surface area contributed by atoms with Crippen LogP contribution in [0.2, 0.25) is 0 Å². The molecule has 2 aromatic rings. The molecule has 2 aromatic carbocycles. The fraction of sp³-hybridized carbons (Fsp3) is 0.304. The van der Waals surface area contributed by atoms with E-state index in [2.05, 4.69) is 21.5 Å². The Hall–Kier alpha value is -3.46. The van der Waals surface area contributed by atoms with E-state index in [0.717, 1.165) is 6.42 Å². The lowest BCUT2D eigenvalue weighted by Crippen LogP contribution is -2.48. The van der Waals surface area contributed by atoms with Gasteiger partial charge in [0, 0.05) is 23.2 Å². The first-order valence-electron chi connectivity index (χ1n) is 10.3. The Morgan fingerprint density at radius 3 is 2.34 bits per heavy atom. The normalized spacial score (nSPS) is 10.2. The minimum atomic E-state index is -0.447. The zero-order chi connectivity index (χ0) is 23.5. The molecule has 170 valence electrons. The van der Waals surface area contributed by atoms with Crippen LogP contribution in [-0.2, 0) is 4.79 Å². The average molecular weight is 457 g/mol. The van der Waals surface area contributed by atoms with Gasteiger partial charge in [0.2, 0.25) is 5.91 Å². The van der Waals surface area contributed by atoms with Gasteiger partial charge in [-0.2, -0.15) is 0 Å². The maximum absolute atomic E-state index is 12.4. The maximum Gasteiger partial charge on any atom is 0.269 e. The third-order valence-corrected chi connectivity index (χ3v) is 4.31. The average Bonchev–Trinajstić information content (AvgIpc) is 2.77. The van der Waals surface area contributed by atoms with Crippen LogP contribution in [0.15, 0.2) is 48.5 Å². The quantitative estimate of drug-likeness (QED) is 0.358. The van der Waals surface area contributed by atoms with Gasteiger partial charge < -0.3 is 10.1 Å². The molecule has 8 nitrogen and oxygen atoms in total. The zero-order valence-electron chi connectivity index (χ0n) is 18.4. The number of amides is 3. The third kappa shape index (κ3) is 8.35. The monoisotopic (exact) mass is 456 g/mol. The van der Waals surface area contributed by atoms with Crippen molar-refractivity contribution in [3.05, 3.63) is 59.7 Å². The van der Waals surface area contributed by atoms with Crippen LogP contribution in [-0.4, -0.2) is 29.4 Å². The molecule has 0 radical (unpaired) electrons. The second kappa shape index (κ2) is 12.4. The Morgan fingerprint density at radius 1 is 0.969 bits per heavy atom. The fourth-order valence-corrected chi connectivity index (χ4v) is 2.68. The number of nitrogens with one attached hydrogen (secondary N) is 4. The van der Waals surface area contributed by atoms with Gasteiger partial charge in [0.1, 0.15) is 5.75 Å². The van der Waals surface area contributed by atoms with Gasteiger partial charge >= 0.3 is 0 Å². The van der Waals surface area contributed by atoms with Crippen LogP contribution in [0.4, 0.5) is 5.69 Å². The first kappa shape index (κ1) is 24.8. The lowest BCUT2D eigenvalue weighted by Gasteiger charge is -2.12. The van der Waals surface area contributed by atoms with Gasteiger partial charge in [-0.3, -0.25) is 30.6 Å². The summed E-state index contributed by atoms with van der Waals surface area (Å²) in [7, 11) is 0. The van der Waals surface area contributed by atoms with E-state index >= 15 is 0 Å². The van der Waals surface area contributed by atoms with Crippen molar-refractivity contribution < 1.29 is 19.1 Å². The zero-order valence-corrected chi connectivity index (χ0v) is 19.2. The van der Waals surface area contributed by atoms with Crippen LogP contribution in [0.3, 0.4) is 0 Å². The van der Waals surface area contributed by atoms with Gasteiger partial charge in [0.15, 0.2) is 5.11 Å². The molecule has 0 fully saturated rings. The first-order chi connectivity index (χ1) is 15.3. The molecule has 9 heteroatoms. The number of hydrogen-bond donors (Lipinski definition) is 4. The highest BCUT2D eigenvalue weighted by atomic mass is 32.1. The number of ether oxygens (including phenoxy) is 1. The van der Waals surface area contributed by atoms with Crippen LogP contribution >= 0.6 is 12.2 Å². The minimum Gasteiger partial charge on any atom is -0.493 e. The van der Waals surface area contributed by atoms with Crippen LogP contribution in [0.5, 0.6) is 5.75 Å². The van der Waals surface area contributed by atoms with E-state index in [0.29, 0.717) is 41.5 Å². The number of carbonyl (C=O) groups excluding carboxylic acids is 3. The summed E-state index contributed by atoms with van der Waals surface area (Å²) in [5.74, 6) is -0.00253. The van der Waals surface area contributed by atoms with Crippen molar-refractivity contribution >= 4 is 40.7 Å². The molecule has 0 atom stereocenters. The minimum absolute atomic E-state index is 0.0553. The van der Waals surface area contributed by atoms with Gasteiger partial charge in [0.05, 0.1) is 6.61 Å². The fourth-order valence-electron chi connectivity index (χ4n) is 2.54. The molecule has 4 N–H and O–H groups in total. The molecule has 0 aliphatic rings. The Labute approximate surface area is 193 Å². The predicted molar refractivity (Wildman–Crippen MR) is 127 cm³/mol. The van der Waals surface area contributed by atoms with Crippen molar-refractivity contribution in [1.82, 2.24) is 16.2 Å². The van der Waals surface area contributed by atoms with Crippen LogP contribution < -0.4 is 26.2 Å². The number of hydrogen-bond acceptors (Lipinski definition) is 5. The standard InChI is InChI=1S/C23H28N4O4S/c1-4-6-20(28)24-18-11-9-16(10-12-18)22(30)26-27-23(32)25-21(29)17-7-5-8-19(13-17)31-14-15(2)3/h5,7-13,15H,4,6,14H2,1-3H3,(H,24,28)(H,26,30)(H2,25,27,29,32). The Morgan fingerprint density at radius 2 is 1.69 bits per heavy atom. The van der Waals surface area contributed by atoms with Gasteiger partial charge in [-0.25, -0.2) is 0 Å². The number of anilines is 1. The van der Waals surface area contributed by atoms with Crippen molar-refractivity contribution in [1.29, 1.82) is 0 Å². The van der Waals surface area contributed by atoms with E-state index in [-0.39, 0.29) is 11.0 Å². The highest BCUT2D eigenvalue weighted by molar-refractivity contribution is 7.80. The van der Waals surface area contributed by atoms with E-state index < -0.39 is 11.8 Å². The number of benzene rings is 2.